The van der Waals surface area contributed by atoms with Gasteiger partial charge in [0.25, 0.3) is 0 Å². The third-order valence-corrected chi connectivity index (χ3v) is 5.03. The summed E-state index contributed by atoms with van der Waals surface area (Å²) >= 11 is 0. The number of aromatic nitrogens is 4. The van der Waals surface area contributed by atoms with Crippen LogP contribution in [0.25, 0.3) is 22.3 Å². The van der Waals surface area contributed by atoms with Gasteiger partial charge in [-0.1, -0.05) is 6.92 Å². The van der Waals surface area contributed by atoms with Crippen LogP contribution in [0.1, 0.15) is 44.6 Å². The molecule has 1 aliphatic rings. The summed E-state index contributed by atoms with van der Waals surface area (Å²) in [5, 5.41) is 3.57. The number of rotatable bonds is 6. The zero-order valence-corrected chi connectivity index (χ0v) is 16.8. The van der Waals surface area contributed by atoms with Crippen LogP contribution in [0.3, 0.4) is 0 Å². The van der Waals surface area contributed by atoms with Gasteiger partial charge >= 0.3 is 0 Å². The van der Waals surface area contributed by atoms with Gasteiger partial charge in [0.15, 0.2) is 5.82 Å². The van der Waals surface area contributed by atoms with E-state index in [4.69, 9.17) is 5.73 Å². The maximum atomic E-state index is 14.1. The summed E-state index contributed by atoms with van der Waals surface area (Å²) in [6, 6.07) is 3.35. The minimum absolute atomic E-state index is 0.0595. The van der Waals surface area contributed by atoms with Crippen molar-refractivity contribution in [3.05, 3.63) is 59.7 Å². The van der Waals surface area contributed by atoms with Gasteiger partial charge in [-0.05, 0) is 55.9 Å². The minimum Gasteiger partial charge on any atom is -0.383 e. The maximum absolute atomic E-state index is 14.1. The first-order chi connectivity index (χ1) is 14.5. The molecule has 1 saturated carbocycles. The Morgan fingerprint density at radius 3 is 2.77 bits per heavy atom. The van der Waals surface area contributed by atoms with Crippen molar-refractivity contribution in [2.45, 2.75) is 39.0 Å². The van der Waals surface area contributed by atoms with Gasteiger partial charge in [-0.25, -0.2) is 23.7 Å². The van der Waals surface area contributed by atoms with Gasteiger partial charge < -0.3 is 11.1 Å². The van der Waals surface area contributed by atoms with E-state index in [9.17, 15) is 8.78 Å². The SMILES string of the molecule is C/C=C(F)\C(Nc1cc(-c2nc(N)c3c(C4CC4)cncc3n2)ccn1)=C(\F)CC. The Morgan fingerprint density at radius 1 is 1.27 bits per heavy atom. The highest BCUT2D eigenvalue weighted by molar-refractivity contribution is 5.92. The van der Waals surface area contributed by atoms with Gasteiger partial charge in [-0.15, -0.1) is 0 Å². The number of pyridine rings is 2. The van der Waals surface area contributed by atoms with Crippen molar-refractivity contribution in [1.82, 2.24) is 19.9 Å². The second-order valence-electron chi connectivity index (χ2n) is 7.15. The molecular formula is C22H22F2N6. The quantitative estimate of drug-likeness (QED) is 0.529. The molecule has 3 aromatic rings. The third kappa shape index (κ3) is 3.85. The van der Waals surface area contributed by atoms with Crippen molar-refractivity contribution in [3.63, 3.8) is 0 Å². The largest absolute Gasteiger partial charge is 0.383 e. The molecule has 0 amide bonds. The van der Waals surface area contributed by atoms with Crippen LogP contribution < -0.4 is 11.1 Å². The molecule has 0 radical (unpaired) electrons. The van der Waals surface area contributed by atoms with Crippen molar-refractivity contribution in [2.24, 2.45) is 0 Å². The standard InChI is InChI=1S/C22H22F2N6/c1-3-15(23)20(16(24)4-2)29-18-9-13(7-8-27-18)22-28-17-11-26-10-14(12-5-6-12)19(17)21(25)30-22/h3,7-12H,4-6H2,1-2H3,(H,27,29)(H2,25,28,30)/b15-3+,20-16-. The monoisotopic (exact) mass is 408 g/mol. The van der Waals surface area contributed by atoms with Gasteiger partial charge in [-0.2, -0.15) is 0 Å². The molecule has 0 bridgehead atoms. The summed E-state index contributed by atoms with van der Waals surface area (Å²) in [6.07, 6.45) is 8.52. The molecule has 4 rings (SSSR count). The van der Waals surface area contributed by atoms with Gasteiger partial charge in [0.2, 0.25) is 0 Å². The number of halogens is 2. The van der Waals surface area contributed by atoms with Gasteiger partial charge in [0.1, 0.15) is 29.0 Å². The van der Waals surface area contributed by atoms with E-state index in [-0.39, 0.29) is 17.9 Å². The lowest BCUT2D eigenvalue weighted by Crippen LogP contribution is -2.05. The molecule has 0 spiro atoms. The molecule has 0 aliphatic heterocycles. The molecule has 6 nitrogen and oxygen atoms in total. The van der Waals surface area contributed by atoms with E-state index in [0.29, 0.717) is 28.6 Å². The first-order valence-electron chi connectivity index (χ1n) is 9.87. The molecule has 0 saturated heterocycles. The van der Waals surface area contributed by atoms with Crippen LogP contribution in [-0.4, -0.2) is 19.9 Å². The lowest BCUT2D eigenvalue weighted by atomic mass is 10.1. The van der Waals surface area contributed by atoms with Crippen LogP contribution in [0.4, 0.5) is 20.4 Å². The first-order valence-corrected chi connectivity index (χ1v) is 9.87. The molecule has 30 heavy (non-hydrogen) atoms. The predicted molar refractivity (Wildman–Crippen MR) is 114 cm³/mol. The second-order valence-corrected chi connectivity index (χ2v) is 7.15. The topological polar surface area (TPSA) is 89.6 Å². The van der Waals surface area contributed by atoms with Gasteiger partial charge in [0, 0.05) is 23.3 Å². The molecule has 8 heteroatoms. The fraction of sp³-hybridized carbons (Fsp3) is 0.273. The molecule has 3 heterocycles. The second kappa shape index (κ2) is 8.14. The zero-order chi connectivity index (χ0) is 21.3. The van der Waals surface area contributed by atoms with E-state index in [0.717, 1.165) is 23.8 Å². The van der Waals surface area contributed by atoms with Crippen molar-refractivity contribution < 1.29 is 8.78 Å². The number of nitrogens with one attached hydrogen (secondary N) is 1. The summed E-state index contributed by atoms with van der Waals surface area (Å²) in [7, 11) is 0. The summed E-state index contributed by atoms with van der Waals surface area (Å²) in [5.74, 6) is 0.246. The Morgan fingerprint density at radius 2 is 2.07 bits per heavy atom. The van der Waals surface area contributed by atoms with Gasteiger partial charge in [-0.3, -0.25) is 4.98 Å². The van der Waals surface area contributed by atoms with Crippen LogP contribution in [-0.2, 0) is 0 Å². The number of nitrogens with zero attached hydrogens (tertiary/aromatic N) is 4. The average Bonchev–Trinajstić information content (AvgIpc) is 3.61. The number of allylic oxidation sites excluding steroid dienone is 3. The normalized spacial score (nSPS) is 15.3. The molecule has 1 aliphatic carbocycles. The summed E-state index contributed by atoms with van der Waals surface area (Å²) in [6.45, 7) is 3.11. The molecular weight excluding hydrogens is 386 g/mol. The number of nitrogens with two attached hydrogens (primary N) is 1. The third-order valence-electron chi connectivity index (χ3n) is 5.03. The van der Waals surface area contributed by atoms with Crippen LogP contribution in [0.15, 0.2) is 54.2 Å². The number of fused-ring (bicyclic) bond motifs is 1. The Kier molecular flexibility index (Phi) is 5.39. The highest BCUT2D eigenvalue weighted by Crippen LogP contribution is 2.43. The molecule has 0 atom stereocenters. The van der Waals surface area contributed by atoms with Crippen LogP contribution in [0.2, 0.25) is 0 Å². The number of hydrogen-bond acceptors (Lipinski definition) is 6. The zero-order valence-electron chi connectivity index (χ0n) is 16.8. The highest BCUT2D eigenvalue weighted by Gasteiger charge is 2.27. The number of hydrogen-bond donors (Lipinski definition) is 2. The average molecular weight is 408 g/mol. The summed E-state index contributed by atoms with van der Waals surface area (Å²) < 4.78 is 28.2. The van der Waals surface area contributed by atoms with E-state index < -0.39 is 11.7 Å². The van der Waals surface area contributed by atoms with Crippen molar-refractivity contribution in [1.29, 1.82) is 0 Å². The Labute approximate surface area is 173 Å². The Bertz CT molecular complexity index is 1170. The van der Waals surface area contributed by atoms with Crippen molar-refractivity contribution >= 4 is 22.5 Å². The molecule has 3 aromatic heterocycles. The lowest BCUT2D eigenvalue weighted by Gasteiger charge is -2.12. The Balaban J connectivity index is 1.73. The van der Waals surface area contributed by atoms with Crippen LogP contribution in [0.5, 0.6) is 0 Å². The fourth-order valence-electron chi connectivity index (χ4n) is 3.32. The van der Waals surface area contributed by atoms with Crippen molar-refractivity contribution in [3.8, 4) is 11.4 Å². The fourth-order valence-corrected chi connectivity index (χ4v) is 3.32. The number of anilines is 2. The van der Waals surface area contributed by atoms with E-state index in [1.165, 1.54) is 19.2 Å². The van der Waals surface area contributed by atoms with Crippen molar-refractivity contribution in [2.75, 3.05) is 11.1 Å². The maximum Gasteiger partial charge on any atom is 0.162 e. The van der Waals surface area contributed by atoms with Crippen LogP contribution in [0, 0.1) is 0 Å². The van der Waals surface area contributed by atoms with E-state index >= 15 is 0 Å². The molecule has 0 unspecified atom stereocenters. The lowest BCUT2D eigenvalue weighted by molar-refractivity contribution is 0.571. The smallest absolute Gasteiger partial charge is 0.162 e. The van der Waals surface area contributed by atoms with Crippen LogP contribution >= 0.6 is 0 Å². The molecule has 154 valence electrons. The summed E-state index contributed by atoms with van der Waals surface area (Å²) in [4.78, 5) is 17.6. The molecule has 1 fully saturated rings. The number of nitrogen functional groups attached to an aromatic ring is 1. The highest BCUT2D eigenvalue weighted by atomic mass is 19.1. The van der Waals surface area contributed by atoms with E-state index in [1.807, 2.05) is 6.20 Å². The van der Waals surface area contributed by atoms with E-state index in [1.54, 1.807) is 25.3 Å². The first kappa shape index (κ1) is 19.9. The predicted octanol–water partition coefficient (Wildman–Crippen LogP) is 5.42. The minimum atomic E-state index is -0.688. The van der Waals surface area contributed by atoms with E-state index in [2.05, 4.69) is 25.3 Å². The molecule has 0 aromatic carbocycles. The Hall–Kier alpha value is -3.42. The summed E-state index contributed by atoms with van der Waals surface area (Å²) in [5.41, 5.74) is 8.41. The molecule has 3 N–H and O–H groups in total. The van der Waals surface area contributed by atoms with Gasteiger partial charge in [0.05, 0.1) is 11.7 Å².